The quantitative estimate of drug-likeness (QED) is 0.731. The second kappa shape index (κ2) is 9.45. The zero-order valence-corrected chi connectivity index (χ0v) is 14.7. The maximum absolute atomic E-state index is 9.41. The van der Waals surface area contributed by atoms with E-state index in [9.17, 15) is 5.11 Å². The Labute approximate surface area is 145 Å². The minimum Gasteiger partial charge on any atom is -0.489 e. The number of hydrogen-bond acceptors (Lipinski definition) is 3. The number of hydrogen-bond donors (Lipinski definition) is 2. The van der Waals surface area contributed by atoms with Crippen LogP contribution in [0.15, 0.2) is 48.5 Å². The van der Waals surface area contributed by atoms with Gasteiger partial charge in [0.2, 0.25) is 0 Å². The van der Waals surface area contributed by atoms with Crippen LogP contribution < -0.4 is 10.5 Å². The van der Waals surface area contributed by atoms with Crippen LogP contribution >= 0.6 is 0 Å². The summed E-state index contributed by atoms with van der Waals surface area (Å²) in [6, 6.07) is 16.5. The fraction of sp³-hybridized carbons (Fsp3) is 0.429. The van der Waals surface area contributed by atoms with Crippen LogP contribution in [0, 0.1) is 12.8 Å². The molecule has 0 spiro atoms. The zero-order chi connectivity index (χ0) is 17.4. The highest BCUT2D eigenvalue weighted by Crippen LogP contribution is 2.31. The van der Waals surface area contributed by atoms with E-state index < -0.39 is 0 Å². The normalized spacial score (nSPS) is 13.5. The van der Waals surface area contributed by atoms with Gasteiger partial charge >= 0.3 is 0 Å². The molecule has 2 rings (SSSR count). The molecule has 130 valence electrons. The van der Waals surface area contributed by atoms with Crippen molar-refractivity contribution in [3.05, 3.63) is 65.2 Å². The first-order valence-electron chi connectivity index (χ1n) is 8.76. The van der Waals surface area contributed by atoms with Gasteiger partial charge in [0.15, 0.2) is 0 Å². The lowest BCUT2D eigenvalue weighted by atomic mass is 9.85. The van der Waals surface area contributed by atoms with Crippen molar-refractivity contribution in [2.24, 2.45) is 11.7 Å². The molecule has 0 radical (unpaired) electrons. The van der Waals surface area contributed by atoms with Gasteiger partial charge < -0.3 is 15.6 Å². The first-order chi connectivity index (χ1) is 11.7. The van der Waals surface area contributed by atoms with E-state index in [2.05, 4.69) is 38.1 Å². The highest BCUT2D eigenvalue weighted by molar-refractivity contribution is 5.37. The summed E-state index contributed by atoms with van der Waals surface area (Å²) in [5.74, 6) is 1.49. The van der Waals surface area contributed by atoms with E-state index in [0.717, 1.165) is 18.6 Å². The van der Waals surface area contributed by atoms with E-state index in [1.807, 2.05) is 24.3 Å². The SMILES string of the molecule is CCC(CC(CN)CO)c1ccc(OCc2ccccc2)cc1C. The Kier molecular flexibility index (Phi) is 7.29. The van der Waals surface area contributed by atoms with Crippen LogP contribution in [-0.2, 0) is 6.61 Å². The van der Waals surface area contributed by atoms with Crippen LogP contribution in [0.25, 0.3) is 0 Å². The number of aliphatic hydroxyl groups excluding tert-OH is 1. The minimum atomic E-state index is 0.157. The molecular formula is C21H29NO2. The van der Waals surface area contributed by atoms with E-state index in [-0.39, 0.29) is 12.5 Å². The molecule has 2 aromatic rings. The zero-order valence-electron chi connectivity index (χ0n) is 14.7. The maximum Gasteiger partial charge on any atom is 0.120 e. The Morgan fingerprint density at radius 3 is 2.46 bits per heavy atom. The Morgan fingerprint density at radius 2 is 1.88 bits per heavy atom. The number of nitrogens with two attached hydrogens (primary N) is 1. The average molecular weight is 327 g/mol. The third kappa shape index (κ3) is 5.08. The van der Waals surface area contributed by atoms with Crippen molar-refractivity contribution in [1.82, 2.24) is 0 Å². The summed E-state index contributed by atoms with van der Waals surface area (Å²) in [4.78, 5) is 0. The molecule has 3 heteroatoms. The number of aliphatic hydroxyl groups is 1. The Balaban J connectivity index is 2.04. The molecule has 0 heterocycles. The highest BCUT2D eigenvalue weighted by atomic mass is 16.5. The number of rotatable bonds is 9. The lowest BCUT2D eigenvalue weighted by Gasteiger charge is -2.22. The predicted octanol–water partition coefficient (Wildman–Crippen LogP) is 4.02. The largest absolute Gasteiger partial charge is 0.489 e. The second-order valence-corrected chi connectivity index (χ2v) is 6.42. The van der Waals surface area contributed by atoms with Gasteiger partial charge in [0.1, 0.15) is 12.4 Å². The van der Waals surface area contributed by atoms with Crippen LogP contribution in [0.2, 0.25) is 0 Å². The van der Waals surface area contributed by atoms with Gasteiger partial charge in [-0.15, -0.1) is 0 Å². The number of benzene rings is 2. The molecule has 24 heavy (non-hydrogen) atoms. The molecule has 2 unspecified atom stereocenters. The molecule has 0 fully saturated rings. The van der Waals surface area contributed by atoms with Gasteiger partial charge in [0.25, 0.3) is 0 Å². The first-order valence-corrected chi connectivity index (χ1v) is 8.76. The molecule has 0 saturated carbocycles. The van der Waals surface area contributed by atoms with E-state index in [1.165, 1.54) is 16.7 Å². The summed E-state index contributed by atoms with van der Waals surface area (Å²) in [6.07, 6.45) is 1.97. The molecule has 0 bridgehead atoms. The molecular weight excluding hydrogens is 298 g/mol. The smallest absolute Gasteiger partial charge is 0.120 e. The van der Waals surface area contributed by atoms with Crippen molar-refractivity contribution in [3.8, 4) is 5.75 Å². The fourth-order valence-corrected chi connectivity index (χ4v) is 3.10. The Hall–Kier alpha value is -1.84. The van der Waals surface area contributed by atoms with Gasteiger partial charge in [-0.1, -0.05) is 43.3 Å². The lowest BCUT2D eigenvalue weighted by Crippen LogP contribution is -2.21. The molecule has 0 aliphatic heterocycles. The molecule has 0 aliphatic rings. The monoisotopic (exact) mass is 327 g/mol. The van der Waals surface area contributed by atoms with Crippen molar-refractivity contribution in [2.45, 2.75) is 39.2 Å². The van der Waals surface area contributed by atoms with Crippen molar-refractivity contribution in [3.63, 3.8) is 0 Å². The summed E-state index contributed by atoms with van der Waals surface area (Å²) in [5, 5.41) is 9.41. The molecule has 2 atom stereocenters. The van der Waals surface area contributed by atoms with Crippen LogP contribution in [0.5, 0.6) is 5.75 Å². The molecule has 0 amide bonds. The summed E-state index contributed by atoms with van der Waals surface area (Å²) < 4.78 is 5.90. The van der Waals surface area contributed by atoms with Crippen molar-refractivity contribution < 1.29 is 9.84 Å². The van der Waals surface area contributed by atoms with Gasteiger partial charge in [-0.3, -0.25) is 0 Å². The molecule has 0 aromatic heterocycles. The third-order valence-electron chi connectivity index (χ3n) is 4.63. The van der Waals surface area contributed by atoms with E-state index in [4.69, 9.17) is 10.5 Å². The second-order valence-electron chi connectivity index (χ2n) is 6.42. The standard InChI is InChI=1S/C21H29NO2/c1-3-19(12-18(13-22)14-23)21-10-9-20(11-16(21)2)24-15-17-7-5-4-6-8-17/h4-11,18-19,23H,3,12-15,22H2,1-2H3. The van der Waals surface area contributed by atoms with Crippen molar-refractivity contribution >= 4 is 0 Å². The van der Waals surface area contributed by atoms with E-state index in [1.54, 1.807) is 0 Å². The minimum absolute atomic E-state index is 0.157. The van der Waals surface area contributed by atoms with Gasteiger partial charge in [-0.25, -0.2) is 0 Å². The Bertz CT molecular complexity index is 608. The number of ether oxygens (including phenoxy) is 1. The molecule has 3 N–H and O–H groups in total. The maximum atomic E-state index is 9.41. The topological polar surface area (TPSA) is 55.5 Å². The van der Waals surface area contributed by atoms with Crippen LogP contribution in [0.4, 0.5) is 0 Å². The number of aryl methyl sites for hydroxylation is 1. The first kappa shape index (κ1) is 18.5. The van der Waals surface area contributed by atoms with Gasteiger partial charge in [0.05, 0.1) is 0 Å². The average Bonchev–Trinajstić information content (AvgIpc) is 2.63. The molecule has 3 nitrogen and oxygen atoms in total. The van der Waals surface area contributed by atoms with Gasteiger partial charge in [0, 0.05) is 6.61 Å². The Morgan fingerprint density at radius 1 is 1.12 bits per heavy atom. The van der Waals surface area contributed by atoms with Crippen molar-refractivity contribution in [1.29, 1.82) is 0 Å². The fourth-order valence-electron chi connectivity index (χ4n) is 3.10. The van der Waals surface area contributed by atoms with Crippen molar-refractivity contribution in [2.75, 3.05) is 13.2 Å². The summed E-state index contributed by atoms with van der Waals surface area (Å²) in [5.41, 5.74) is 9.47. The highest BCUT2D eigenvalue weighted by Gasteiger charge is 2.17. The van der Waals surface area contributed by atoms with E-state index >= 15 is 0 Å². The molecule has 2 aromatic carbocycles. The molecule has 0 saturated heterocycles. The van der Waals surface area contributed by atoms with Gasteiger partial charge in [-0.2, -0.15) is 0 Å². The van der Waals surface area contributed by atoms with Crippen LogP contribution in [0.1, 0.15) is 42.4 Å². The lowest BCUT2D eigenvalue weighted by molar-refractivity contribution is 0.214. The summed E-state index contributed by atoms with van der Waals surface area (Å²) >= 11 is 0. The third-order valence-corrected chi connectivity index (χ3v) is 4.63. The van der Waals surface area contributed by atoms with E-state index in [0.29, 0.717) is 19.1 Å². The van der Waals surface area contributed by atoms with Crippen LogP contribution in [0.3, 0.4) is 0 Å². The molecule has 0 aliphatic carbocycles. The predicted molar refractivity (Wildman–Crippen MR) is 99.2 cm³/mol. The summed E-state index contributed by atoms with van der Waals surface area (Å²) in [6.45, 7) is 5.59. The van der Waals surface area contributed by atoms with Gasteiger partial charge in [-0.05, 0) is 67.0 Å². The summed E-state index contributed by atoms with van der Waals surface area (Å²) in [7, 11) is 0. The van der Waals surface area contributed by atoms with Crippen LogP contribution in [-0.4, -0.2) is 18.3 Å².